The van der Waals surface area contributed by atoms with E-state index in [4.69, 9.17) is 0 Å². The molecular weight excluding hydrogens is 362 g/mol. The van der Waals surface area contributed by atoms with E-state index >= 15 is 0 Å². The second-order valence-electron chi connectivity index (χ2n) is 8.09. The standard InChI is InChI=1S/C21H37NO6/c1-5-6-7-8-9-10-11-12-22(13-16(2)19(23)24,14-17(3)20(25)26)15-18(4)21(27)28/h8-9,16-18H,5-7,10-15H2,1-4H3,(H2-,23,24,25,26,27,28)/p+1/b9-8+. The number of carboxylic acids is 3. The Hall–Kier alpha value is -1.89. The molecule has 0 saturated heterocycles. The van der Waals surface area contributed by atoms with Crippen molar-refractivity contribution in [1.82, 2.24) is 0 Å². The third-order valence-electron chi connectivity index (χ3n) is 5.14. The van der Waals surface area contributed by atoms with E-state index in [-0.39, 0.29) is 24.1 Å². The van der Waals surface area contributed by atoms with Crippen molar-refractivity contribution >= 4 is 17.9 Å². The minimum Gasteiger partial charge on any atom is -0.481 e. The van der Waals surface area contributed by atoms with Gasteiger partial charge in [-0.2, -0.15) is 0 Å². The van der Waals surface area contributed by atoms with E-state index in [1.54, 1.807) is 20.8 Å². The van der Waals surface area contributed by atoms with E-state index in [0.29, 0.717) is 6.54 Å². The summed E-state index contributed by atoms with van der Waals surface area (Å²) in [6.07, 6.45) is 9.11. The molecule has 0 aliphatic heterocycles. The first kappa shape index (κ1) is 26.1. The lowest BCUT2D eigenvalue weighted by Gasteiger charge is -2.42. The Morgan fingerprint density at radius 1 is 0.750 bits per heavy atom. The van der Waals surface area contributed by atoms with E-state index in [1.807, 2.05) is 0 Å². The summed E-state index contributed by atoms with van der Waals surface area (Å²) in [6, 6.07) is 0. The molecule has 7 nitrogen and oxygen atoms in total. The van der Waals surface area contributed by atoms with Crippen LogP contribution in [0.15, 0.2) is 12.2 Å². The highest BCUT2D eigenvalue weighted by molar-refractivity contribution is 5.70. The van der Waals surface area contributed by atoms with E-state index in [0.717, 1.165) is 32.1 Å². The van der Waals surface area contributed by atoms with E-state index in [2.05, 4.69) is 19.1 Å². The van der Waals surface area contributed by atoms with E-state index in [1.165, 1.54) is 0 Å². The topological polar surface area (TPSA) is 112 Å². The number of allylic oxidation sites excluding steroid dienone is 2. The van der Waals surface area contributed by atoms with Gasteiger partial charge in [-0.1, -0.05) is 31.9 Å². The number of aliphatic carboxylic acids is 3. The maximum atomic E-state index is 11.4. The molecule has 0 aromatic carbocycles. The van der Waals surface area contributed by atoms with Crippen molar-refractivity contribution in [3.05, 3.63) is 12.2 Å². The Bertz CT molecular complexity index is 476. The first-order valence-electron chi connectivity index (χ1n) is 10.2. The zero-order chi connectivity index (χ0) is 21.7. The number of nitrogens with zero attached hydrogens (tertiary/aromatic N) is 1. The summed E-state index contributed by atoms with van der Waals surface area (Å²) in [5, 5.41) is 28.1. The number of carbonyl (C=O) groups is 3. The Labute approximate surface area is 168 Å². The van der Waals surface area contributed by atoms with Gasteiger partial charge in [0.25, 0.3) is 0 Å². The Morgan fingerprint density at radius 3 is 1.43 bits per heavy atom. The molecule has 7 heteroatoms. The predicted molar refractivity (Wildman–Crippen MR) is 108 cm³/mol. The fourth-order valence-corrected chi connectivity index (χ4v) is 3.58. The zero-order valence-electron chi connectivity index (χ0n) is 17.8. The van der Waals surface area contributed by atoms with Crippen LogP contribution in [-0.4, -0.2) is 63.9 Å². The molecule has 0 radical (unpaired) electrons. The third-order valence-corrected chi connectivity index (χ3v) is 5.14. The molecule has 3 unspecified atom stereocenters. The molecular formula is C21H38NO6+. The fraction of sp³-hybridized carbons (Fsp3) is 0.762. The van der Waals surface area contributed by atoms with Crippen LogP contribution in [0.2, 0.25) is 0 Å². The molecule has 0 spiro atoms. The van der Waals surface area contributed by atoms with Gasteiger partial charge in [0, 0.05) is 6.42 Å². The van der Waals surface area contributed by atoms with Gasteiger partial charge in [-0.15, -0.1) is 0 Å². The number of quaternary nitrogens is 1. The van der Waals surface area contributed by atoms with Gasteiger partial charge in [0.15, 0.2) is 0 Å². The van der Waals surface area contributed by atoms with Crippen molar-refractivity contribution in [2.45, 2.75) is 59.8 Å². The van der Waals surface area contributed by atoms with Crippen molar-refractivity contribution in [3.63, 3.8) is 0 Å². The Morgan fingerprint density at radius 2 is 1.11 bits per heavy atom. The summed E-state index contributed by atoms with van der Waals surface area (Å²) in [5.41, 5.74) is 0. The average Bonchev–Trinajstić information content (AvgIpc) is 2.60. The van der Waals surface area contributed by atoms with Gasteiger partial charge in [0.05, 0.1) is 26.2 Å². The lowest BCUT2D eigenvalue weighted by Crippen LogP contribution is -2.57. The lowest BCUT2D eigenvalue weighted by atomic mass is 10.0. The van der Waals surface area contributed by atoms with Crippen molar-refractivity contribution in [2.24, 2.45) is 17.8 Å². The summed E-state index contributed by atoms with van der Waals surface area (Å²) in [7, 11) is 0. The monoisotopic (exact) mass is 400 g/mol. The molecule has 0 rings (SSSR count). The van der Waals surface area contributed by atoms with Crippen LogP contribution in [0, 0.1) is 17.8 Å². The zero-order valence-corrected chi connectivity index (χ0v) is 17.8. The van der Waals surface area contributed by atoms with Crippen molar-refractivity contribution in [2.75, 3.05) is 26.2 Å². The molecule has 0 fully saturated rings. The molecule has 0 aromatic rings. The van der Waals surface area contributed by atoms with Crippen molar-refractivity contribution in [1.29, 1.82) is 0 Å². The SMILES string of the molecule is CCCC/C=C/CCC[N+](CC(C)C(=O)O)(CC(C)C(=O)O)CC(C)C(=O)O. The number of rotatable bonds is 16. The molecule has 0 bridgehead atoms. The maximum absolute atomic E-state index is 11.4. The maximum Gasteiger partial charge on any atom is 0.311 e. The molecule has 3 atom stereocenters. The van der Waals surface area contributed by atoms with Gasteiger partial charge in [-0.25, -0.2) is 0 Å². The Balaban J connectivity index is 5.41. The third kappa shape index (κ3) is 10.4. The highest BCUT2D eigenvalue weighted by Crippen LogP contribution is 2.21. The highest BCUT2D eigenvalue weighted by Gasteiger charge is 2.37. The number of hydrogen-bond acceptors (Lipinski definition) is 3. The smallest absolute Gasteiger partial charge is 0.311 e. The predicted octanol–water partition coefficient (Wildman–Crippen LogP) is 3.49. The minimum absolute atomic E-state index is 0.192. The van der Waals surface area contributed by atoms with E-state index in [9.17, 15) is 29.7 Å². The van der Waals surface area contributed by atoms with Gasteiger partial charge >= 0.3 is 17.9 Å². The summed E-state index contributed by atoms with van der Waals surface area (Å²) in [4.78, 5) is 34.3. The highest BCUT2D eigenvalue weighted by atomic mass is 16.4. The van der Waals surface area contributed by atoms with Crippen LogP contribution in [0.5, 0.6) is 0 Å². The normalized spacial score (nSPS) is 17.0. The van der Waals surface area contributed by atoms with Crippen LogP contribution in [-0.2, 0) is 14.4 Å². The summed E-state index contributed by atoms with van der Waals surface area (Å²) in [6.45, 7) is 8.16. The van der Waals surface area contributed by atoms with Crippen molar-refractivity contribution < 1.29 is 34.2 Å². The molecule has 0 aliphatic carbocycles. The quantitative estimate of drug-likeness (QED) is 0.208. The molecule has 28 heavy (non-hydrogen) atoms. The number of unbranched alkanes of at least 4 members (excludes halogenated alkanes) is 3. The van der Waals surface area contributed by atoms with Gasteiger partial charge in [-0.3, -0.25) is 14.4 Å². The summed E-state index contributed by atoms with van der Waals surface area (Å²) < 4.78 is 0.192. The minimum atomic E-state index is -0.951. The number of carboxylic acid groups (broad SMARTS) is 3. The van der Waals surface area contributed by atoms with Crippen LogP contribution in [0.3, 0.4) is 0 Å². The Kier molecular flexibility index (Phi) is 12.4. The molecule has 0 amide bonds. The van der Waals surface area contributed by atoms with Gasteiger partial charge in [-0.05, 0) is 33.6 Å². The van der Waals surface area contributed by atoms with Crippen LogP contribution >= 0.6 is 0 Å². The molecule has 3 N–H and O–H groups in total. The average molecular weight is 401 g/mol. The van der Waals surface area contributed by atoms with E-state index < -0.39 is 35.7 Å². The van der Waals surface area contributed by atoms with Crippen LogP contribution in [0.1, 0.15) is 59.8 Å². The first-order valence-corrected chi connectivity index (χ1v) is 10.2. The van der Waals surface area contributed by atoms with Gasteiger partial charge in [0.1, 0.15) is 17.8 Å². The number of hydrogen-bond donors (Lipinski definition) is 3. The molecule has 0 saturated carbocycles. The molecule has 162 valence electrons. The second-order valence-corrected chi connectivity index (χ2v) is 8.09. The first-order chi connectivity index (χ1) is 13.0. The van der Waals surface area contributed by atoms with Crippen LogP contribution < -0.4 is 0 Å². The van der Waals surface area contributed by atoms with Crippen LogP contribution in [0.4, 0.5) is 0 Å². The summed E-state index contributed by atoms with van der Waals surface area (Å²) in [5.74, 6) is -4.89. The lowest BCUT2D eigenvalue weighted by molar-refractivity contribution is -0.934. The molecule has 0 heterocycles. The molecule has 0 aliphatic rings. The van der Waals surface area contributed by atoms with Gasteiger partial charge in [0.2, 0.25) is 0 Å². The van der Waals surface area contributed by atoms with Gasteiger partial charge < -0.3 is 19.8 Å². The fourth-order valence-electron chi connectivity index (χ4n) is 3.58. The van der Waals surface area contributed by atoms with Crippen LogP contribution in [0.25, 0.3) is 0 Å². The summed E-state index contributed by atoms with van der Waals surface area (Å²) >= 11 is 0. The second kappa shape index (κ2) is 13.3. The largest absolute Gasteiger partial charge is 0.481 e. The van der Waals surface area contributed by atoms with Crippen molar-refractivity contribution in [3.8, 4) is 0 Å². The molecule has 0 aromatic heterocycles.